The summed E-state index contributed by atoms with van der Waals surface area (Å²) in [6.45, 7) is 2.67. The van der Waals surface area contributed by atoms with Gasteiger partial charge < -0.3 is 10.2 Å². The summed E-state index contributed by atoms with van der Waals surface area (Å²) < 4.78 is 0. The molecule has 0 aromatic heterocycles. The number of aryl methyl sites for hydroxylation is 1. The van der Waals surface area contributed by atoms with Crippen molar-refractivity contribution >= 4 is 17.5 Å². The molecular formula is C20H24N2O2. The van der Waals surface area contributed by atoms with Crippen molar-refractivity contribution in [3.63, 3.8) is 0 Å². The molecule has 0 heterocycles. The maximum Gasteiger partial charge on any atom is 0.226 e. The lowest BCUT2D eigenvalue weighted by molar-refractivity contribution is -0.129. The largest absolute Gasteiger partial charge is 0.342 e. The highest BCUT2D eigenvalue weighted by molar-refractivity contribution is 5.91. The first-order chi connectivity index (χ1) is 11.6. The minimum atomic E-state index is -0.0736. The van der Waals surface area contributed by atoms with Gasteiger partial charge in [-0.15, -0.1) is 0 Å². The molecule has 0 spiro atoms. The van der Waals surface area contributed by atoms with Crippen LogP contribution in [-0.2, 0) is 16.0 Å². The molecule has 24 heavy (non-hydrogen) atoms. The Kier molecular flexibility index (Phi) is 7.02. The first-order valence-corrected chi connectivity index (χ1v) is 8.29. The van der Waals surface area contributed by atoms with Gasteiger partial charge in [0.1, 0.15) is 0 Å². The number of para-hydroxylation sites is 1. The Morgan fingerprint density at radius 1 is 0.917 bits per heavy atom. The number of carbonyl (C=O) groups is 2. The second-order valence-corrected chi connectivity index (χ2v) is 5.76. The Bertz CT molecular complexity index is 641. The Labute approximate surface area is 143 Å². The third kappa shape index (κ3) is 6.24. The molecule has 0 fully saturated rings. The van der Waals surface area contributed by atoms with E-state index in [-0.39, 0.29) is 11.8 Å². The summed E-state index contributed by atoms with van der Waals surface area (Å²) in [4.78, 5) is 25.5. The Morgan fingerprint density at radius 3 is 2.17 bits per heavy atom. The van der Waals surface area contributed by atoms with Gasteiger partial charge in [0, 0.05) is 32.1 Å². The van der Waals surface area contributed by atoms with Gasteiger partial charge in [-0.1, -0.05) is 48.5 Å². The van der Waals surface area contributed by atoms with E-state index in [0.29, 0.717) is 19.5 Å². The first-order valence-electron chi connectivity index (χ1n) is 8.29. The first kappa shape index (κ1) is 17.7. The fourth-order valence-electron chi connectivity index (χ4n) is 2.53. The van der Waals surface area contributed by atoms with Gasteiger partial charge in [-0.2, -0.15) is 0 Å². The van der Waals surface area contributed by atoms with Crippen molar-refractivity contribution in [2.24, 2.45) is 0 Å². The van der Waals surface area contributed by atoms with Crippen molar-refractivity contribution in [2.75, 3.05) is 18.4 Å². The molecule has 0 aliphatic heterocycles. The van der Waals surface area contributed by atoms with Crippen LogP contribution in [0.2, 0.25) is 0 Å². The van der Waals surface area contributed by atoms with Gasteiger partial charge in [0.15, 0.2) is 0 Å². The van der Waals surface area contributed by atoms with E-state index >= 15 is 0 Å². The van der Waals surface area contributed by atoms with E-state index in [1.807, 2.05) is 48.5 Å². The van der Waals surface area contributed by atoms with Gasteiger partial charge >= 0.3 is 0 Å². The Balaban J connectivity index is 1.74. The average molecular weight is 324 g/mol. The van der Waals surface area contributed by atoms with E-state index in [4.69, 9.17) is 0 Å². The zero-order valence-electron chi connectivity index (χ0n) is 14.1. The second kappa shape index (κ2) is 9.50. The van der Waals surface area contributed by atoms with Crippen LogP contribution in [0.1, 0.15) is 25.3 Å². The van der Waals surface area contributed by atoms with Crippen LogP contribution in [0.5, 0.6) is 0 Å². The Morgan fingerprint density at radius 2 is 1.54 bits per heavy atom. The highest BCUT2D eigenvalue weighted by atomic mass is 16.2. The fourth-order valence-corrected chi connectivity index (χ4v) is 2.53. The zero-order chi connectivity index (χ0) is 17.2. The van der Waals surface area contributed by atoms with Crippen molar-refractivity contribution in [3.05, 3.63) is 66.2 Å². The number of hydrogen-bond donors (Lipinski definition) is 1. The SMILES string of the molecule is CC(=O)N(CCCc1ccccc1)CCC(=O)Nc1ccccc1. The summed E-state index contributed by atoms with van der Waals surface area (Å²) in [5, 5.41) is 2.84. The summed E-state index contributed by atoms with van der Waals surface area (Å²) in [5.74, 6) is -0.0638. The smallest absolute Gasteiger partial charge is 0.226 e. The van der Waals surface area contributed by atoms with E-state index in [1.54, 1.807) is 11.8 Å². The normalized spacial score (nSPS) is 10.2. The van der Waals surface area contributed by atoms with Gasteiger partial charge in [0.05, 0.1) is 0 Å². The number of hydrogen-bond acceptors (Lipinski definition) is 2. The van der Waals surface area contributed by atoms with E-state index in [2.05, 4.69) is 17.4 Å². The maximum atomic E-state index is 12.0. The van der Waals surface area contributed by atoms with Crippen molar-refractivity contribution < 1.29 is 9.59 Å². The van der Waals surface area contributed by atoms with Gasteiger partial charge in [0.2, 0.25) is 11.8 Å². The lowest BCUT2D eigenvalue weighted by Crippen LogP contribution is -2.33. The van der Waals surface area contributed by atoms with Crippen molar-refractivity contribution in [1.29, 1.82) is 0 Å². The summed E-state index contributed by atoms with van der Waals surface area (Å²) >= 11 is 0. The maximum absolute atomic E-state index is 12.0. The molecule has 4 heteroatoms. The second-order valence-electron chi connectivity index (χ2n) is 5.76. The number of benzene rings is 2. The summed E-state index contributed by atoms with van der Waals surface area (Å²) in [6, 6.07) is 19.6. The molecule has 0 bridgehead atoms. The topological polar surface area (TPSA) is 49.4 Å². The molecule has 2 rings (SSSR count). The van der Waals surface area contributed by atoms with Crippen LogP contribution >= 0.6 is 0 Å². The lowest BCUT2D eigenvalue weighted by Gasteiger charge is -2.20. The molecule has 0 aliphatic carbocycles. The van der Waals surface area contributed by atoms with Crippen LogP contribution < -0.4 is 5.32 Å². The van der Waals surface area contributed by atoms with Gasteiger partial charge in [0.25, 0.3) is 0 Å². The van der Waals surface area contributed by atoms with Crippen molar-refractivity contribution in [2.45, 2.75) is 26.2 Å². The molecule has 0 saturated heterocycles. The molecule has 126 valence electrons. The van der Waals surface area contributed by atoms with Gasteiger partial charge in [-0.25, -0.2) is 0 Å². The quantitative estimate of drug-likeness (QED) is 0.808. The zero-order valence-corrected chi connectivity index (χ0v) is 14.1. The summed E-state index contributed by atoms with van der Waals surface area (Å²) in [6.07, 6.45) is 2.13. The average Bonchev–Trinajstić information content (AvgIpc) is 2.59. The summed E-state index contributed by atoms with van der Waals surface area (Å²) in [5.41, 5.74) is 2.05. The molecule has 4 nitrogen and oxygen atoms in total. The Hall–Kier alpha value is -2.62. The van der Waals surface area contributed by atoms with Crippen molar-refractivity contribution in [1.82, 2.24) is 4.90 Å². The van der Waals surface area contributed by atoms with Gasteiger partial charge in [-0.05, 0) is 30.5 Å². The van der Waals surface area contributed by atoms with Crippen LogP contribution in [-0.4, -0.2) is 29.8 Å². The minimum Gasteiger partial charge on any atom is -0.342 e. The molecular weight excluding hydrogens is 300 g/mol. The number of amides is 2. The predicted octanol–water partition coefficient (Wildman–Crippen LogP) is 3.50. The van der Waals surface area contributed by atoms with Crippen LogP contribution in [0.15, 0.2) is 60.7 Å². The van der Waals surface area contributed by atoms with Crippen LogP contribution in [0.3, 0.4) is 0 Å². The number of anilines is 1. The monoisotopic (exact) mass is 324 g/mol. The van der Waals surface area contributed by atoms with E-state index in [9.17, 15) is 9.59 Å². The molecule has 0 aliphatic rings. The molecule has 2 aromatic rings. The van der Waals surface area contributed by atoms with Crippen LogP contribution in [0.25, 0.3) is 0 Å². The number of rotatable bonds is 8. The number of nitrogens with zero attached hydrogens (tertiary/aromatic N) is 1. The van der Waals surface area contributed by atoms with Gasteiger partial charge in [-0.3, -0.25) is 9.59 Å². The molecule has 2 aromatic carbocycles. The van der Waals surface area contributed by atoms with E-state index in [1.165, 1.54) is 5.56 Å². The molecule has 0 unspecified atom stereocenters. The standard InChI is InChI=1S/C20H24N2O2/c1-17(23)22(15-8-11-18-9-4-2-5-10-18)16-14-20(24)21-19-12-6-3-7-13-19/h2-7,9-10,12-13H,8,11,14-16H2,1H3,(H,21,24). The highest BCUT2D eigenvalue weighted by Crippen LogP contribution is 2.07. The van der Waals surface area contributed by atoms with Crippen molar-refractivity contribution in [3.8, 4) is 0 Å². The lowest BCUT2D eigenvalue weighted by atomic mass is 10.1. The number of nitrogens with one attached hydrogen (secondary N) is 1. The molecule has 2 amide bonds. The molecule has 0 saturated carbocycles. The minimum absolute atomic E-state index is 0.00979. The molecule has 0 atom stereocenters. The third-order valence-electron chi connectivity index (χ3n) is 3.85. The summed E-state index contributed by atoms with van der Waals surface area (Å²) in [7, 11) is 0. The highest BCUT2D eigenvalue weighted by Gasteiger charge is 2.11. The van der Waals surface area contributed by atoms with Crippen LogP contribution in [0, 0.1) is 0 Å². The third-order valence-corrected chi connectivity index (χ3v) is 3.85. The predicted molar refractivity (Wildman–Crippen MR) is 96.7 cm³/mol. The van der Waals surface area contributed by atoms with E-state index < -0.39 is 0 Å². The fraction of sp³-hybridized carbons (Fsp3) is 0.300. The molecule has 1 N–H and O–H groups in total. The molecule has 0 radical (unpaired) electrons. The number of carbonyl (C=O) groups excluding carboxylic acids is 2. The van der Waals surface area contributed by atoms with Crippen LogP contribution in [0.4, 0.5) is 5.69 Å². The van der Waals surface area contributed by atoms with E-state index in [0.717, 1.165) is 18.5 Å².